The zero-order valence-corrected chi connectivity index (χ0v) is 4.31. The zero-order chi connectivity index (χ0) is 5.70. The van der Waals surface area contributed by atoms with E-state index >= 15 is 0 Å². The molecule has 7 heavy (non-hydrogen) atoms. The van der Waals surface area contributed by atoms with E-state index in [0.29, 0.717) is 5.76 Å². The summed E-state index contributed by atoms with van der Waals surface area (Å²) < 4.78 is 0. The lowest BCUT2D eigenvalue weighted by atomic mass is 10.7. The summed E-state index contributed by atoms with van der Waals surface area (Å²) >= 11 is 0. The second-order valence-corrected chi connectivity index (χ2v) is 1.05. The lowest BCUT2D eigenvalue weighted by molar-refractivity contribution is -0.209. The van der Waals surface area contributed by atoms with Crippen molar-refractivity contribution in [2.75, 3.05) is 0 Å². The van der Waals surface area contributed by atoms with Crippen LogP contribution in [0.4, 0.5) is 0 Å². The highest BCUT2D eigenvalue weighted by molar-refractivity contribution is 4.70. The minimum Gasteiger partial charge on any atom is -0.299 e. The summed E-state index contributed by atoms with van der Waals surface area (Å²) in [4.78, 5) is 8.64. The van der Waals surface area contributed by atoms with Gasteiger partial charge in [-0.25, -0.2) is 0 Å². The third kappa shape index (κ3) is 5.08. The van der Waals surface area contributed by atoms with Crippen molar-refractivity contribution in [1.82, 2.24) is 0 Å². The SMILES string of the molecule is C=COOC(=C)C. The van der Waals surface area contributed by atoms with Crippen molar-refractivity contribution >= 4 is 0 Å². The number of hydrogen-bond donors (Lipinski definition) is 0. The van der Waals surface area contributed by atoms with Crippen LogP contribution in [-0.4, -0.2) is 0 Å². The molecule has 0 aliphatic carbocycles. The lowest BCUT2D eigenvalue weighted by Crippen LogP contribution is -1.79. The fourth-order valence-electron chi connectivity index (χ4n) is 0.116. The van der Waals surface area contributed by atoms with Crippen LogP contribution in [0.1, 0.15) is 6.92 Å². The molecule has 0 aliphatic heterocycles. The highest BCUT2D eigenvalue weighted by Gasteiger charge is 1.76. The molecular weight excluding hydrogens is 92.1 g/mol. The fraction of sp³-hybridized carbons (Fsp3) is 0.200. The van der Waals surface area contributed by atoms with Gasteiger partial charge in [0.25, 0.3) is 0 Å². The van der Waals surface area contributed by atoms with Crippen molar-refractivity contribution in [2.45, 2.75) is 6.92 Å². The molecule has 2 nitrogen and oxygen atoms in total. The van der Waals surface area contributed by atoms with Crippen LogP contribution in [0, 0.1) is 0 Å². The first-order chi connectivity index (χ1) is 3.27. The molecule has 0 rings (SSSR count). The Kier molecular flexibility index (Phi) is 2.85. The summed E-state index contributed by atoms with van der Waals surface area (Å²) in [5, 5.41) is 0. The van der Waals surface area contributed by atoms with Crippen molar-refractivity contribution in [1.29, 1.82) is 0 Å². The molecule has 2 heteroatoms. The molecule has 0 fully saturated rings. The maximum absolute atomic E-state index is 4.38. The van der Waals surface area contributed by atoms with Crippen LogP contribution in [0.3, 0.4) is 0 Å². The van der Waals surface area contributed by atoms with E-state index in [1.165, 1.54) is 6.26 Å². The molecule has 0 aromatic heterocycles. The molecule has 0 atom stereocenters. The summed E-state index contributed by atoms with van der Waals surface area (Å²) in [6.45, 7) is 8.33. The maximum atomic E-state index is 4.38. The Morgan fingerprint density at radius 1 is 1.71 bits per heavy atom. The third-order valence-corrected chi connectivity index (χ3v) is 0.258. The van der Waals surface area contributed by atoms with Crippen LogP contribution in [-0.2, 0) is 9.78 Å². The zero-order valence-electron chi connectivity index (χ0n) is 4.31. The molecule has 0 spiro atoms. The third-order valence-electron chi connectivity index (χ3n) is 0.258. The highest BCUT2D eigenvalue weighted by Crippen LogP contribution is 1.89. The van der Waals surface area contributed by atoms with Gasteiger partial charge in [-0.1, -0.05) is 13.2 Å². The van der Waals surface area contributed by atoms with E-state index in [1.54, 1.807) is 6.92 Å². The topological polar surface area (TPSA) is 18.5 Å². The van der Waals surface area contributed by atoms with Crippen molar-refractivity contribution in [3.05, 3.63) is 25.2 Å². The van der Waals surface area contributed by atoms with Gasteiger partial charge in [0.05, 0.1) is 0 Å². The summed E-state index contributed by atoms with van der Waals surface area (Å²) in [7, 11) is 0. The molecule has 0 amide bonds. The van der Waals surface area contributed by atoms with Gasteiger partial charge >= 0.3 is 0 Å². The van der Waals surface area contributed by atoms with Crippen LogP contribution >= 0.6 is 0 Å². The molecule has 0 aromatic rings. The van der Waals surface area contributed by atoms with Gasteiger partial charge in [0.2, 0.25) is 0 Å². The predicted octanol–water partition coefficient (Wildman–Crippen LogP) is 1.61. The molecule has 0 N–H and O–H groups in total. The second-order valence-electron chi connectivity index (χ2n) is 1.05. The first-order valence-electron chi connectivity index (χ1n) is 1.87. The summed E-state index contributed by atoms with van der Waals surface area (Å²) in [6.07, 6.45) is 1.19. The van der Waals surface area contributed by atoms with Crippen molar-refractivity contribution in [3.8, 4) is 0 Å². The van der Waals surface area contributed by atoms with Gasteiger partial charge in [0.15, 0.2) is 0 Å². The smallest absolute Gasteiger partial charge is 0.145 e. The van der Waals surface area contributed by atoms with E-state index in [9.17, 15) is 0 Å². The molecule has 0 aliphatic rings. The van der Waals surface area contributed by atoms with Gasteiger partial charge < -0.3 is 0 Å². The van der Waals surface area contributed by atoms with Gasteiger partial charge in [0, 0.05) is 0 Å². The fourth-order valence-corrected chi connectivity index (χ4v) is 0.116. The van der Waals surface area contributed by atoms with Crippen LogP contribution in [0.25, 0.3) is 0 Å². The highest BCUT2D eigenvalue weighted by atomic mass is 17.2. The second kappa shape index (κ2) is 3.28. The van der Waals surface area contributed by atoms with E-state index < -0.39 is 0 Å². The summed E-state index contributed by atoms with van der Waals surface area (Å²) in [5.74, 6) is 0.514. The van der Waals surface area contributed by atoms with E-state index in [2.05, 4.69) is 22.9 Å². The van der Waals surface area contributed by atoms with Crippen molar-refractivity contribution in [3.63, 3.8) is 0 Å². The molecule has 0 saturated carbocycles. The predicted molar refractivity (Wildman–Crippen MR) is 27.2 cm³/mol. The molecular formula is C5H8O2. The molecule has 0 radical (unpaired) electrons. The van der Waals surface area contributed by atoms with Crippen LogP contribution < -0.4 is 0 Å². The quantitative estimate of drug-likeness (QED) is 0.305. The van der Waals surface area contributed by atoms with Crippen LogP contribution in [0.2, 0.25) is 0 Å². The van der Waals surface area contributed by atoms with Gasteiger partial charge in [0.1, 0.15) is 12.0 Å². The van der Waals surface area contributed by atoms with Crippen molar-refractivity contribution in [2.24, 2.45) is 0 Å². The van der Waals surface area contributed by atoms with Gasteiger partial charge in [-0.15, -0.1) is 0 Å². The molecule has 40 valence electrons. The molecule has 0 unspecified atom stereocenters. The van der Waals surface area contributed by atoms with Gasteiger partial charge in [-0.05, 0) is 6.92 Å². The van der Waals surface area contributed by atoms with Gasteiger partial charge in [-0.3, -0.25) is 9.78 Å². The Labute approximate surface area is 43.0 Å². The molecule has 0 bridgehead atoms. The standard InChI is InChI=1S/C5H8O2/c1-4-6-7-5(2)3/h4H,1-2H2,3H3. The largest absolute Gasteiger partial charge is 0.299 e. The Hall–Kier alpha value is -0.920. The van der Waals surface area contributed by atoms with E-state index in [4.69, 9.17) is 0 Å². The van der Waals surface area contributed by atoms with E-state index in [0.717, 1.165) is 0 Å². The van der Waals surface area contributed by atoms with E-state index in [1.807, 2.05) is 0 Å². The molecule has 0 saturated heterocycles. The number of rotatable bonds is 3. The maximum Gasteiger partial charge on any atom is 0.145 e. The lowest BCUT2D eigenvalue weighted by Gasteiger charge is -1.95. The average Bonchev–Trinajstić information content (AvgIpc) is 1.61. The van der Waals surface area contributed by atoms with Crippen LogP contribution in [0.15, 0.2) is 25.2 Å². The Morgan fingerprint density at radius 3 is 2.43 bits per heavy atom. The Morgan fingerprint density at radius 2 is 2.29 bits per heavy atom. The monoisotopic (exact) mass is 100 g/mol. The molecule has 0 aromatic carbocycles. The first-order valence-corrected chi connectivity index (χ1v) is 1.87. The normalized spacial score (nSPS) is 7.00. The number of allylic oxidation sites excluding steroid dienone is 1. The Bertz CT molecular complexity index is 76.1. The molecule has 0 heterocycles. The van der Waals surface area contributed by atoms with Crippen LogP contribution in [0.5, 0.6) is 0 Å². The minimum atomic E-state index is 0.514. The summed E-state index contributed by atoms with van der Waals surface area (Å²) in [5.41, 5.74) is 0. The Balaban J connectivity index is 2.97. The van der Waals surface area contributed by atoms with Crippen molar-refractivity contribution < 1.29 is 9.78 Å². The first kappa shape index (κ1) is 6.08. The van der Waals surface area contributed by atoms with E-state index in [-0.39, 0.29) is 0 Å². The van der Waals surface area contributed by atoms with Gasteiger partial charge in [-0.2, -0.15) is 0 Å². The number of hydrogen-bond acceptors (Lipinski definition) is 2. The average molecular weight is 100 g/mol. The minimum absolute atomic E-state index is 0.514. The summed E-state index contributed by atoms with van der Waals surface area (Å²) in [6, 6.07) is 0.